The first-order valence-corrected chi connectivity index (χ1v) is 6.28. The molecule has 17 heavy (non-hydrogen) atoms. The van der Waals surface area contributed by atoms with Crippen LogP contribution in [0.5, 0.6) is 0 Å². The maximum Gasteiger partial charge on any atom is 0.407 e. The minimum atomic E-state index is -0.960. The smallest absolute Gasteiger partial charge is 0.407 e. The number of amides is 1. The van der Waals surface area contributed by atoms with Crippen LogP contribution in [-0.4, -0.2) is 40.4 Å². The highest BCUT2D eigenvalue weighted by Crippen LogP contribution is 2.29. The standard InChI is InChI=1S/C12H14BrNO3/c13-9-3-1-8(2-4-9)10-5-6-14(12(16)17)7-11(10)15/h1-4,10-11,15H,5-7H2,(H,16,17)/t10-,11+/m0/s1. The van der Waals surface area contributed by atoms with E-state index in [0.717, 1.165) is 10.0 Å². The van der Waals surface area contributed by atoms with Gasteiger partial charge in [0.25, 0.3) is 0 Å². The van der Waals surface area contributed by atoms with Gasteiger partial charge in [0, 0.05) is 16.9 Å². The first kappa shape index (κ1) is 12.4. The summed E-state index contributed by atoms with van der Waals surface area (Å²) in [5.74, 6) is 0.0266. The molecule has 92 valence electrons. The van der Waals surface area contributed by atoms with Crippen molar-refractivity contribution in [1.29, 1.82) is 0 Å². The molecule has 1 heterocycles. The van der Waals surface area contributed by atoms with Crippen LogP contribution in [0.15, 0.2) is 28.7 Å². The number of aliphatic hydroxyl groups is 1. The molecule has 0 saturated carbocycles. The number of aliphatic hydroxyl groups excluding tert-OH is 1. The minimum Gasteiger partial charge on any atom is -0.465 e. The van der Waals surface area contributed by atoms with Crippen LogP contribution in [0, 0.1) is 0 Å². The van der Waals surface area contributed by atoms with E-state index in [2.05, 4.69) is 15.9 Å². The molecule has 2 atom stereocenters. The number of hydrogen-bond donors (Lipinski definition) is 2. The van der Waals surface area contributed by atoms with Crippen LogP contribution in [0.4, 0.5) is 4.79 Å². The number of halogens is 1. The lowest BCUT2D eigenvalue weighted by molar-refractivity contribution is 0.0504. The summed E-state index contributed by atoms with van der Waals surface area (Å²) in [4.78, 5) is 12.1. The second-order valence-corrected chi connectivity index (χ2v) is 5.16. The average molecular weight is 300 g/mol. The van der Waals surface area contributed by atoms with E-state index in [1.54, 1.807) is 0 Å². The number of carboxylic acid groups (broad SMARTS) is 1. The van der Waals surface area contributed by atoms with Gasteiger partial charge in [0.05, 0.1) is 12.6 Å². The van der Waals surface area contributed by atoms with E-state index in [-0.39, 0.29) is 12.5 Å². The lowest BCUT2D eigenvalue weighted by Crippen LogP contribution is -2.45. The molecule has 5 heteroatoms. The first-order chi connectivity index (χ1) is 8.08. The molecule has 1 aliphatic rings. The number of benzene rings is 1. The van der Waals surface area contributed by atoms with E-state index in [0.29, 0.717) is 13.0 Å². The van der Waals surface area contributed by atoms with Gasteiger partial charge in [-0.15, -0.1) is 0 Å². The zero-order chi connectivity index (χ0) is 12.4. The fraction of sp³-hybridized carbons (Fsp3) is 0.417. The van der Waals surface area contributed by atoms with Gasteiger partial charge in [-0.25, -0.2) is 4.79 Å². The van der Waals surface area contributed by atoms with Gasteiger partial charge in [0.1, 0.15) is 0 Å². The molecule has 0 spiro atoms. The van der Waals surface area contributed by atoms with Gasteiger partial charge in [-0.1, -0.05) is 28.1 Å². The van der Waals surface area contributed by atoms with Crippen LogP contribution in [0.2, 0.25) is 0 Å². The van der Waals surface area contributed by atoms with E-state index in [1.165, 1.54) is 4.90 Å². The van der Waals surface area contributed by atoms with Crippen molar-refractivity contribution in [2.24, 2.45) is 0 Å². The first-order valence-electron chi connectivity index (χ1n) is 5.49. The zero-order valence-electron chi connectivity index (χ0n) is 9.21. The molecule has 2 rings (SSSR count). The number of piperidine rings is 1. The third-order valence-corrected chi connectivity index (χ3v) is 3.68. The molecule has 1 fully saturated rings. The topological polar surface area (TPSA) is 60.8 Å². The van der Waals surface area contributed by atoms with Crippen molar-refractivity contribution in [3.05, 3.63) is 34.3 Å². The summed E-state index contributed by atoms with van der Waals surface area (Å²) >= 11 is 3.36. The fourth-order valence-corrected chi connectivity index (χ4v) is 2.47. The SMILES string of the molecule is O=C(O)N1CC[C@@H](c2ccc(Br)cc2)[C@H](O)C1. The predicted octanol–water partition coefficient (Wildman–Crippen LogP) is 2.28. The van der Waals surface area contributed by atoms with Crippen LogP contribution >= 0.6 is 15.9 Å². The Bertz CT molecular complexity index is 407. The Balaban J connectivity index is 2.09. The Morgan fingerprint density at radius 3 is 2.53 bits per heavy atom. The van der Waals surface area contributed by atoms with E-state index in [1.807, 2.05) is 24.3 Å². The van der Waals surface area contributed by atoms with Crippen LogP contribution < -0.4 is 0 Å². The number of nitrogens with zero attached hydrogens (tertiary/aromatic N) is 1. The molecule has 0 radical (unpaired) electrons. The third-order valence-electron chi connectivity index (χ3n) is 3.15. The summed E-state index contributed by atoms with van der Waals surface area (Å²) in [6.45, 7) is 0.670. The molecule has 1 aromatic rings. The lowest BCUT2D eigenvalue weighted by atomic mass is 9.87. The number of rotatable bonds is 1. The summed E-state index contributed by atoms with van der Waals surface area (Å²) in [5, 5.41) is 18.9. The Morgan fingerprint density at radius 1 is 1.35 bits per heavy atom. The highest BCUT2D eigenvalue weighted by Gasteiger charge is 2.30. The maximum atomic E-state index is 10.8. The van der Waals surface area contributed by atoms with Crippen LogP contribution in [0.1, 0.15) is 17.9 Å². The van der Waals surface area contributed by atoms with Crippen molar-refractivity contribution in [2.75, 3.05) is 13.1 Å². The summed E-state index contributed by atoms with van der Waals surface area (Å²) in [6.07, 6.45) is -0.922. The monoisotopic (exact) mass is 299 g/mol. The molecule has 0 unspecified atom stereocenters. The molecule has 1 amide bonds. The molecule has 1 aliphatic heterocycles. The molecular weight excluding hydrogens is 286 g/mol. The van der Waals surface area contributed by atoms with Gasteiger partial charge >= 0.3 is 6.09 Å². The van der Waals surface area contributed by atoms with E-state index < -0.39 is 12.2 Å². The second kappa shape index (κ2) is 5.06. The minimum absolute atomic E-state index is 0.0266. The number of likely N-dealkylation sites (tertiary alicyclic amines) is 1. The van der Waals surface area contributed by atoms with E-state index in [9.17, 15) is 9.90 Å². The van der Waals surface area contributed by atoms with Gasteiger partial charge in [-0.05, 0) is 24.1 Å². The zero-order valence-corrected chi connectivity index (χ0v) is 10.8. The number of β-amino-alcohol motifs (C(OH)–C–C–N with tert-alkyl or cyclic N) is 1. The summed E-state index contributed by atoms with van der Waals surface area (Å²) in [7, 11) is 0. The number of carbonyl (C=O) groups is 1. The predicted molar refractivity (Wildman–Crippen MR) is 67.1 cm³/mol. The summed E-state index contributed by atoms with van der Waals surface area (Å²) < 4.78 is 0.999. The molecule has 2 N–H and O–H groups in total. The van der Waals surface area contributed by atoms with Crippen molar-refractivity contribution in [2.45, 2.75) is 18.4 Å². The summed E-state index contributed by atoms with van der Waals surface area (Å²) in [5.41, 5.74) is 1.06. The highest BCUT2D eigenvalue weighted by atomic mass is 79.9. The fourth-order valence-electron chi connectivity index (χ4n) is 2.20. The van der Waals surface area contributed by atoms with Gasteiger partial charge in [-0.3, -0.25) is 0 Å². The van der Waals surface area contributed by atoms with Crippen molar-refractivity contribution >= 4 is 22.0 Å². The Kier molecular flexibility index (Phi) is 3.69. The lowest BCUT2D eigenvalue weighted by Gasteiger charge is -2.34. The van der Waals surface area contributed by atoms with Crippen molar-refractivity contribution in [3.63, 3.8) is 0 Å². The maximum absolute atomic E-state index is 10.8. The molecule has 1 aromatic carbocycles. The van der Waals surface area contributed by atoms with Gasteiger partial charge in [0.15, 0.2) is 0 Å². The molecule has 1 saturated heterocycles. The van der Waals surface area contributed by atoms with Gasteiger partial charge < -0.3 is 15.1 Å². The molecular formula is C12H14BrNO3. The number of hydrogen-bond acceptors (Lipinski definition) is 2. The average Bonchev–Trinajstić information content (AvgIpc) is 2.30. The van der Waals surface area contributed by atoms with Crippen LogP contribution in [-0.2, 0) is 0 Å². The molecule has 0 aromatic heterocycles. The Labute approximate surface area is 108 Å². The quantitative estimate of drug-likeness (QED) is 0.836. The van der Waals surface area contributed by atoms with Crippen molar-refractivity contribution < 1.29 is 15.0 Å². The van der Waals surface area contributed by atoms with Gasteiger partial charge in [0.2, 0.25) is 0 Å². The molecule has 4 nitrogen and oxygen atoms in total. The molecule has 0 aliphatic carbocycles. The second-order valence-electron chi connectivity index (χ2n) is 4.24. The van der Waals surface area contributed by atoms with Crippen LogP contribution in [0.3, 0.4) is 0 Å². The van der Waals surface area contributed by atoms with Gasteiger partial charge in [-0.2, -0.15) is 0 Å². The van der Waals surface area contributed by atoms with E-state index >= 15 is 0 Å². The largest absolute Gasteiger partial charge is 0.465 e. The highest BCUT2D eigenvalue weighted by molar-refractivity contribution is 9.10. The Hall–Kier alpha value is -1.07. The summed E-state index contributed by atoms with van der Waals surface area (Å²) in [6, 6.07) is 7.81. The third kappa shape index (κ3) is 2.79. The Morgan fingerprint density at radius 2 is 2.00 bits per heavy atom. The molecule has 0 bridgehead atoms. The normalized spacial score (nSPS) is 24.7. The van der Waals surface area contributed by atoms with Crippen molar-refractivity contribution in [3.8, 4) is 0 Å². The van der Waals surface area contributed by atoms with Crippen molar-refractivity contribution in [1.82, 2.24) is 4.90 Å². The van der Waals surface area contributed by atoms with E-state index in [4.69, 9.17) is 5.11 Å². The van der Waals surface area contributed by atoms with Crippen LogP contribution in [0.25, 0.3) is 0 Å².